The fraction of sp³-hybridized carbons (Fsp3) is 0.0833. The molecule has 0 aliphatic rings. The van der Waals surface area contributed by atoms with Gasteiger partial charge in [0.2, 0.25) is 5.95 Å². The third kappa shape index (κ3) is 1.46. The minimum absolute atomic E-state index is 0.470. The molecule has 0 aliphatic heterocycles. The summed E-state index contributed by atoms with van der Waals surface area (Å²) in [6.07, 6.45) is 1.73. The molecule has 2 aromatic heterocycles. The summed E-state index contributed by atoms with van der Waals surface area (Å²) in [5.74, 6) is 0.470. The number of halogens is 1. The number of anilines is 1. The maximum atomic E-state index is 5.78. The molecule has 0 unspecified atom stereocenters. The van der Waals surface area contributed by atoms with Crippen molar-refractivity contribution in [1.82, 2.24) is 9.55 Å². The van der Waals surface area contributed by atoms with Gasteiger partial charge in [-0.15, -0.1) is 0 Å². The molecule has 0 spiro atoms. The zero-order valence-corrected chi connectivity index (χ0v) is 10.7. The van der Waals surface area contributed by atoms with Crippen molar-refractivity contribution in [3.63, 3.8) is 0 Å². The molecule has 3 rings (SSSR count). The molecule has 0 saturated heterocycles. The predicted molar refractivity (Wildman–Crippen MR) is 70.5 cm³/mol. The molecule has 2 N–H and O–H groups in total. The van der Waals surface area contributed by atoms with Crippen LogP contribution >= 0.6 is 15.9 Å². The van der Waals surface area contributed by atoms with Crippen molar-refractivity contribution in [2.24, 2.45) is 7.05 Å². The van der Waals surface area contributed by atoms with Crippen LogP contribution in [-0.2, 0) is 7.05 Å². The minimum Gasteiger partial charge on any atom is -0.464 e. The Kier molecular flexibility index (Phi) is 2.22. The lowest BCUT2D eigenvalue weighted by Gasteiger charge is -2.01. The average molecular weight is 292 g/mol. The number of rotatable bonds is 1. The standard InChI is InChI=1S/C12H10BrN3O/c1-16-10(11(13)15-12(16)14)8-6-17-9-5-3-2-4-7(8)9/h2-6H,1H3,(H2,14,15). The van der Waals surface area contributed by atoms with E-state index in [1.807, 2.05) is 35.9 Å². The zero-order chi connectivity index (χ0) is 12.0. The quantitative estimate of drug-likeness (QED) is 0.749. The molecule has 17 heavy (non-hydrogen) atoms. The fourth-order valence-corrected chi connectivity index (χ4v) is 2.60. The van der Waals surface area contributed by atoms with Gasteiger partial charge in [-0.1, -0.05) is 18.2 Å². The second-order valence-corrected chi connectivity index (χ2v) is 4.57. The lowest BCUT2D eigenvalue weighted by Crippen LogP contribution is -1.98. The Morgan fingerprint density at radius 2 is 2.12 bits per heavy atom. The van der Waals surface area contributed by atoms with Gasteiger partial charge < -0.3 is 14.7 Å². The summed E-state index contributed by atoms with van der Waals surface area (Å²) >= 11 is 3.42. The Morgan fingerprint density at radius 1 is 1.35 bits per heavy atom. The highest BCUT2D eigenvalue weighted by atomic mass is 79.9. The molecular formula is C12H10BrN3O. The molecule has 3 aromatic rings. The van der Waals surface area contributed by atoms with Gasteiger partial charge in [-0.25, -0.2) is 4.98 Å². The van der Waals surface area contributed by atoms with Gasteiger partial charge in [-0.3, -0.25) is 0 Å². The summed E-state index contributed by atoms with van der Waals surface area (Å²) in [7, 11) is 1.88. The number of para-hydroxylation sites is 1. The first kappa shape index (κ1) is 10.4. The molecule has 0 bridgehead atoms. The van der Waals surface area contributed by atoms with Crippen molar-refractivity contribution < 1.29 is 4.42 Å². The number of nitrogens with two attached hydrogens (primary N) is 1. The molecule has 0 fully saturated rings. The van der Waals surface area contributed by atoms with Crippen LogP contribution in [0.5, 0.6) is 0 Å². The van der Waals surface area contributed by atoms with Gasteiger partial charge in [-0.2, -0.15) is 0 Å². The first-order valence-corrected chi connectivity index (χ1v) is 5.92. The van der Waals surface area contributed by atoms with E-state index < -0.39 is 0 Å². The van der Waals surface area contributed by atoms with E-state index in [9.17, 15) is 0 Å². The van der Waals surface area contributed by atoms with Gasteiger partial charge in [0.1, 0.15) is 16.4 Å². The van der Waals surface area contributed by atoms with Gasteiger partial charge in [0.15, 0.2) is 0 Å². The highest BCUT2D eigenvalue weighted by Crippen LogP contribution is 2.35. The van der Waals surface area contributed by atoms with Gasteiger partial charge in [0, 0.05) is 18.0 Å². The molecule has 0 atom stereocenters. The second-order valence-electron chi connectivity index (χ2n) is 3.81. The van der Waals surface area contributed by atoms with Crippen LogP contribution in [0.2, 0.25) is 0 Å². The summed E-state index contributed by atoms with van der Waals surface area (Å²) in [6.45, 7) is 0. The highest BCUT2D eigenvalue weighted by molar-refractivity contribution is 9.10. The number of nitrogen functional groups attached to an aromatic ring is 1. The Morgan fingerprint density at radius 3 is 2.82 bits per heavy atom. The number of hydrogen-bond acceptors (Lipinski definition) is 3. The van der Waals surface area contributed by atoms with Crippen LogP contribution in [-0.4, -0.2) is 9.55 Å². The summed E-state index contributed by atoms with van der Waals surface area (Å²) in [5.41, 5.74) is 8.55. The molecule has 4 nitrogen and oxygen atoms in total. The Balaban J connectivity index is 2.35. The summed E-state index contributed by atoms with van der Waals surface area (Å²) in [6, 6.07) is 7.88. The largest absolute Gasteiger partial charge is 0.464 e. The number of furan rings is 1. The van der Waals surface area contributed by atoms with E-state index in [1.54, 1.807) is 6.26 Å². The van der Waals surface area contributed by atoms with E-state index in [1.165, 1.54) is 0 Å². The molecule has 0 saturated carbocycles. The van der Waals surface area contributed by atoms with Crippen LogP contribution in [0.3, 0.4) is 0 Å². The molecule has 0 amide bonds. The Labute approximate surface area is 106 Å². The van der Waals surface area contributed by atoms with Crippen LogP contribution in [0.25, 0.3) is 22.2 Å². The predicted octanol–water partition coefficient (Wildman–Crippen LogP) is 3.18. The fourth-order valence-electron chi connectivity index (χ4n) is 1.93. The normalized spacial score (nSPS) is 11.2. The van der Waals surface area contributed by atoms with E-state index in [4.69, 9.17) is 10.2 Å². The molecular weight excluding hydrogens is 282 g/mol. The van der Waals surface area contributed by atoms with E-state index >= 15 is 0 Å². The van der Waals surface area contributed by atoms with E-state index in [-0.39, 0.29) is 0 Å². The molecule has 1 aromatic carbocycles. The van der Waals surface area contributed by atoms with E-state index in [2.05, 4.69) is 20.9 Å². The molecule has 2 heterocycles. The first-order valence-electron chi connectivity index (χ1n) is 5.13. The number of aromatic nitrogens is 2. The number of benzene rings is 1. The number of nitrogens with zero attached hydrogens (tertiary/aromatic N) is 2. The zero-order valence-electron chi connectivity index (χ0n) is 9.14. The Bertz CT molecular complexity index is 699. The smallest absolute Gasteiger partial charge is 0.201 e. The van der Waals surface area contributed by atoms with Crippen molar-refractivity contribution in [3.8, 4) is 11.3 Å². The van der Waals surface area contributed by atoms with E-state index in [0.717, 1.165) is 26.8 Å². The molecule has 0 aliphatic carbocycles. The Hall–Kier alpha value is -1.75. The number of imidazole rings is 1. The number of fused-ring (bicyclic) bond motifs is 1. The van der Waals surface area contributed by atoms with Gasteiger partial charge in [0.05, 0.1) is 5.69 Å². The summed E-state index contributed by atoms with van der Waals surface area (Å²) in [5, 5.41) is 1.05. The van der Waals surface area contributed by atoms with Gasteiger partial charge in [-0.05, 0) is 22.0 Å². The maximum Gasteiger partial charge on any atom is 0.201 e. The summed E-state index contributed by atoms with van der Waals surface area (Å²) in [4.78, 5) is 4.19. The summed E-state index contributed by atoms with van der Waals surface area (Å²) < 4.78 is 8.08. The van der Waals surface area contributed by atoms with Crippen molar-refractivity contribution in [1.29, 1.82) is 0 Å². The molecule has 0 radical (unpaired) electrons. The van der Waals surface area contributed by atoms with E-state index in [0.29, 0.717) is 5.95 Å². The van der Waals surface area contributed by atoms with Crippen LogP contribution in [0.15, 0.2) is 39.5 Å². The van der Waals surface area contributed by atoms with Crippen molar-refractivity contribution in [2.75, 3.05) is 5.73 Å². The van der Waals surface area contributed by atoms with Crippen LogP contribution in [0.4, 0.5) is 5.95 Å². The second kappa shape index (κ2) is 3.63. The van der Waals surface area contributed by atoms with Crippen LogP contribution in [0.1, 0.15) is 0 Å². The number of hydrogen-bond donors (Lipinski definition) is 1. The molecule has 86 valence electrons. The monoisotopic (exact) mass is 291 g/mol. The minimum atomic E-state index is 0.470. The van der Waals surface area contributed by atoms with Crippen molar-refractivity contribution in [2.45, 2.75) is 0 Å². The topological polar surface area (TPSA) is 57.0 Å². The lowest BCUT2D eigenvalue weighted by atomic mass is 10.1. The highest BCUT2D eigenvalue weighted by Gasteiger charge is 2.16. The van der Waals surface area contributed by atoms with Gasteiger partial charge in [0.25, 0.3) is 0 Å². The molecule has 5 heteroatoms. The first-order chi connectivity index (χ1) is 8.18. The van der Waals surface area contributed by atoms with Crippen molar-refractivity contribution in [3.05, 3.63) is 35.1 Å². The lowest BCUT2D eigenvalue weighted by molar-refractivity contribution is 0.616. The average Bonchev–Trinajstić information content (AvgIpc) is 2.82. The van der Waals surface area contributed by atoms with Gasteiger partial charge >= 0.3 is 0 Å². The van der Waals surface area contributed by atoms with Crippen LogP contribution in [0, 0.1) is 0 Å². The van der Waals surface area contributed by atoms with Crippen LogP contribution < -0.4 is 5.73 Å². The van der Waals surface area contributed by atoms with Crippen molar-refractivity contribution >= 4 is 32.8 Å². The maximum absolute atomic E-state index is 5.78. The third-order valence-corrected chi connectivity index (χ3v) is 3.38. The third-order valence-electron chi connectivity index (χ3n) is 2.82. The SMILES string of the molecule is Cn1c(N)nc(Br)c1-c1coc2ccccc12.